The van der Waals surface area contributed by atoms with Crippen molar-refractivity contribution >= 4 is 17.5 Å². The highest BCUT2D eigenvalue weighted by Gasteiger charge is 2.04. The maximum absolute atomic E-state index is 11.9. The van der Waals surface area contributed by atoms with Gasteiger partial charge in [-0.2, -0.15) is 0 Å². The molecule has 0 aliphatic rings. The molecule has 0 fully saturated rings. The van der Waals surface area contributed by atoms with Crippen LogP contribution in [-0.4, -0.2) is 13.0 Å². The Bertz CT molecular complexity index is 599. The smallest absolute Gasteiger partial charge is 0.224 e. The number of methoxy groups -OCH3 is 1. The first-order chi connectivity index (χ1) is 9.67. The van der Waals surface area contributed by atoms with Crippen LogP contribution >= 0.6 is 11.6 Å². The van der Waals surface area contributed by atoms with Gasteiger partial charge >= 0.3 is 0 Å². The van der Waals surface area contributed by atoms with E-state index in [0.29, 0.717) is 18.0 Å². The second-order valence-corrected chi connectivity index (χ2v) is 4.87. The van der Waals surface area contributed by atoms with Gasteiger partial charge in [0, 0.05) is 11.6 Å². The molecule has 20 heavy (non-hydrogen) atoms. The van der Waals surface area contributed by atoms with E-state index in [4.69, 9.17) is 16.3 Å². The molecule has 104 valence electrons. The molecular formula is C16H16ClNO2. The van der Waals surface area contributed by atoms with Gasteiger partial charge in [0.25, 0.3) is 0 Å². The number of rotatable bonds is 5. The Balaban J connectivity index is 1.88. The standard InChI is InChI=1S/C16H16ClNO2/c1-20-15-7-3-5-13(9-15)11-18-16(19)10-12-4-2-6-14(17)8-12/h2-9H,10-11H2,1H3,(H,18,19). The highest BCUT2D eigenvalue weighted by atomic mass is 35.5. The molecule has 0 saturated carbocycles. The third kappa shape index (κ3) is 4.28. The molecule has 0 unspecified atom stereocenters. The van der Waals surface area contributed by atoms with E-state index in [-0.39, 0.29) is 5.91 Å². The van der Waals surface area contributed by atoms with Gasteiger partial charge in [-0.3, -0.25) is 4.79 Å². The summed E-state index contributed by atoms with van der Waals surface area (Å²) in [5.74, 6) is 0.752. The fraction of sp³-hybridized carbons (Fsp3) is 0.188. The van der Waals surface area contributed by atoms with E-state index in [9.17, 15) is 4.79 Å². The van der Waals surface area contributed by atoms with Crippen molar-refractivity contribution in [3.05, 3.63) is 64.7 Å². The Morgan fingerprint density at radius 1 is 1.15 bits per heavy atom. The molecule has 0 heterocycles. The molecule has 0 spiro atoms. The molecule has 1 amide bonds. The Kier molecular flexibility index (Phi) is 5.02. The molecule has 2 aromatic carbocycles. The van der Waals surface area contributed by atoms with E-state index in [0.717, 1.165) is 16.9 Å². The normalized spacial score (nSPS) is 10.1. The third-order valence-corrected chi connectivity index (χ3v) is 3.11. The molecule has 3 nitrogen and oxygen atoms in total. The summed E-state index contributed by atoms with van der Waals surface area (Å²) in [5, 5.41) is 3.52. The Hall–Kier alpha value is -2.00. The number of ether oxygens (including phenoxy) is 1. The van der Waals surface area contributed by atoms with Crippen LogP contribution in [0, 0.1) is 0 Å². The molecule has 2 aromatic rings. The lowest BCUT2D eigenvalue weighted by atomic mass is 10.1. The topological polar surface area (TPSA) is 38.3 Å². The zero-order chi connectivity index (χ0) is 14.4. The summed E-state index contributed by atoms with van der Waals surface area (Å²) < 4.78 is 5.14. The SMILES string of the molecule is COc1cccc(CNC(=O)Cc2cccc(Cl)c2)c1. The van der Waals surface area contributed by atoms with E-state index in [2.05, 4.69) is 5.32 Å². The Morgan fingerprint density at radius 3 is 2.65 bits per heavy atom. The maximum Gasteiger partial charge on any atom is 0.224 e. The molecule has 0 radical (unpaired) electrons. The van der Waals surface area contributed by atoms with Crippen LogP contribution in [0.1, 0.15) is 11.1 Å². The summed E-state index contributed by atoms with van der Waals surface area (Å²) in [7, 11) is 1.62. The van der Waals surface area contributed by atoms with Gasteiger partial charge in [-0.05, 0) is 35.4 Å². The van der Waals surface area contributed by atoms with Crippen molar-refractivity contribution in [2.24, 2.45) is 0 Å². The third-order valence-electron chi connectivity index (χ3n) is 2.88. The van der Waals surface area contributed by atoms with Crippen LogP contribution in [0.15, 0.2) is 48.5 Å². The average molecular weight is 290 g/mol. The van der Waals surface area contributed by atoms with Gasteiger partial charge in [0.05, 0.1) is 13.5 Å². The largest absolute Gasteiger partial charge is 0.497 e. The van der Waals surface area contributed by atoms with Crippen LogP contribution in [0.4, 0.5) is 0 Å². The molecule has 2 rings (SSSR count). The summed E-state index contributed by atoms with van der Waals surface area (Å²) in [4.78, 5) is 11.9. The molecule has 1 N–H and O–H groups in total. The van der Waals surface area contributed by atoms with E-state index < -0.39 is 0 Å². The van der Waals surface area contributed by atoms with Gasteiger partial charge < -0.3 is 10.1 Å². The molecule has 0 saturated heterocycles. The highest BCUT2D eigenvalue weighted by Crippen LogP contribution is 2.13. The number of nitrogens with one attached hydrogen (secondary N) is 1. The van der Waals surface area contributed by atoms with Crippen LogP contribution in [0.3, 0.4) is 0 Å². The van der Waals surface area contributed by atoms with Crippen molar-refractivity contribution in [2.45, 2.75) is 13.0 Å². The van der Waals surface area contributed by atoms with Gasteiger partial charge in [-0.25, -0.2) is 0 Å². The zero-order valence-corrected chi connectivity index (χ0v) is 12.0. The Morgan fingerprint density at radius 2 is 1.90 bits per heavy atom. The van der Waals surface area contributed by atoms with E-state index in [1.54, 1.807) is 19.2 Å². The second-order valence-electron chi connectivity index (χ2n) is 4.43. The first-order valence-corrected chi connectivity index (χ1v) is 6.69. The molecule has 0 bridgehead atoms. The monoisotopic (exact) mass is 289 g/mol. The lowest BCUT2D eigenvalue weighted by molar-refractivity contribution is -0.120. The fourth-order valence-electron chi connectivity index (χ4n) is 1.88. The lowest BCUT2D eigenvalue weighted by Crippen LogP contribution is -2.24. The predicted octanol–water partition coefficient (Wildman–Crippen LogP) is 3.21. The van der Waals surface area contributed by atoms with Crippen molar-refractivity contribution in [3.63, 3.8) is 0 Å². The van der Waals surface area contributed by atoms with Gasteiger partial charge in [0.1, 0.15) is 5.75 Å². The highest BCUT2D eigenvalue weighted by molar-refractivity contribution is 6.30. The number of amides is 1. The number of hydrogen-bond acceptors (Lipinski definition) is 2. The summed E-state index contributed by atoms with van der Waals surface area (Å²) in [6.45, 7) is 0.483. The summed E-state index contributed by atoms with van der Waals surface area (Å²) in [5.41, 5.74) is 1.91. The van der Waals surface area contributed by atoms with Crippen LogP contribution in [0.5, 0.6) is 5.75 Å². The summed E-state index contributed by atoms with van der Waals surface area (Å²) >= 11 is 5.89. The van der Waals surface area contributed by atoms with Crippen molar-refractivity contribution < 1.29 is 9.53 Å². The van der Waals surface area contributed by atoms with Crippen molar-refractivity contribution in [1.29, 1.82) is 0 Å². The molecule has 0 aliphatic carbocycles. The Labute approximate surface area is 123 Å². The zero-order valence-electron chi connectivity index (χ0n) is 11.2. The van der Waals surface area contributed by atoms with Crippen LogP contribution in [0.25, 0.3) is 0 Å². The average Bonchev–Trinajstić information content (AvgIpc) is 2.45. The first-order valence-electron chi connectivity index (χ1n) is 6.31. The minimum atomic E-state index is -0.0323. The summed E-state index contributed by atoms with van der Waals surface area (Å²) in [6, 6.07) is 14.9. The van der Waals surface area contributed by atoms with E-state index >= 15 is 0 Å². The predicted molar refractivity (Wildman–Crippen MR) is 80.0 cm³/mol. The minimum Gasteiger partial charge on any atom is -0.497 e. The van der Waals surface area contributed by atoms with Gasteiger partial charge in [0.2, 0.25) is 5.91 Å². The molecular weight excluding hydrogens is 274 g/mol. The van der Waals surface area contributed by atoms with Crippen molar-refractivity contribution in [1.82, 2.24) is 5.32 Å². The number of carbonyl (C=O) groups excluding carboxylic acids is 1. The lowest BCUT2D eigenvalue weighted by Gasteiger charge is -2.07. The van der Waals surface area contributed by atoms with E-state index in [1.165, 1.54) is 0 Å². The van der Waals surface area contributed by atoms with E-state index in [1.807, 2.05) is 36.4 Å². The summed E-state index contributed by atoms with van der Waals surface area (Å²) in [6.07, 6.45) is 0.324. The maximum atomic E-state index is 11.9. The quantitative estimate of drug-likeness (QED) is 0.918. The van der Waals surface area contributed by atoms with Gasteiger partial charge in [-0.15, -0.1) is 0 Å². The van der Waals surface area contributed by atoms with Crippen LogP contribution in [-0.2, 0) is 17.8 Å². The second kappa shape index (κ2) is 6.96. The number of carbonyl (C=O) groups is 1. The molecule has 4 heteroatoms. The first kappa shape index (κ1) is 14.4. The molecule has 0 atom stereocenters. The molecule has 0 aliphatic heterocycles. The van der Waals surface area contributed by atoms with Gasteiger partial charge in [0.15, 0.2) is 0 Å². The van der Waals surface area contributed by atoms with Gasteiger partial charge in [-0.1, -0.05) is 35.9 Å². The van der Waals surface area contributed by atoms with Crippen molar-refractivity contribution in [3.8, 4) is 5.75 Å². The number of hydrogen-bond donors (Lipinski definition) is 1. The minimum absolute atomic E-state index is 0.0323. The number of benzene rings is 2. The van der Waals surface area contributed by atoms with Crippen molar-refractivity contribution in [2.75, 3.05) is 7.11 Å². The fourth-order valence-corrected chi connectivity index (χ4v) is 2.09. The van der Waals surface area contributed by atoms with Crippen LogP contribution < -0.4 is 10.1 Å². The number of halogens is 1. The van der Waals surface area contributed by atoms with Crippen LogP contribution in [0.2, 0.25) is 5.02 Å². The molecule has 0 aromatic heterocycles.